The van der Waals surface area contributed by atoms with Gasteiger partial charge in [0, 0.05) is 10.2 Å². The lowest BCUT2D eigenvalue weighted by Crippen LogP contribution is -2.50. The van der Waals surface area contributed by atoms with Crippen molar-refractivity contribution in [2.24, 2.45) is 5.41 Å². The van der Waals surface area contributed by atoms with E-state index < -0.39 is 10.3 Å². The summed E-state index contributed by atoms with van der Waals surface area (Å²) in [6.07, 6.45) is 8.76. The predicted molar refractivity (Wildman–Crippen MR) is 132 cm³/mol. The molecule has 1 aromatic carbocycles. The SMILES string of the molecule is CC.CC.CCC1OC(c2cccc3c2CC[C@@H]3OS(C)(C)C(C)(C)C)C1(C)C. The Morgan fingerprint density at radius 1 is 1.07 bits per heavy atom. The van der Waals surface area contributed by atoms with Gasteiger partial charge in [0.05, 0.1) is 18.3 Å². The Kier molecular flexibility index (Phi) is 9.33. The summed E-state index contributed by atoms with van der Waals surface area (Å²) in [6, 6.07) is 6.76. The molecule has 0 radical (unpaired) electrons. The number of fused-ring (bicyclic) bond motifs is 1. The monoisotopic (exact) mass is 424 g/mol. The van der Waals surface area contributed by atoms with E-state index in [-0.39, 0.29) is 22.4 Å². The summed E-state index contributed by atoms with van der Waals surface area (Å²) < 4.78 is 13.2. The maximum Gasteiger partial charge on any atom is 0.0956 e. The van der Waals surface area contributed by atoms with Crippen molar-refractivity contribution in [1.82, 2.24) is 0 Å². The van der Waals surface area contributed by atoms with Crippen LogP contribution in [0.4, 0.5) is 0 Å². The van der Waals surface area contributed by atoms with Crippen molar-refractivity contribution in [1.29, 1.82) is 0 Å². The van der Waals surface area contributed by atoms with E-state index in [0.717, 1.165) is 19.3 Å². The van der Waals surface area contributed by atoms with Gasteiger partial charge in [-0.1, -0.05) is 87.4 Å². The summed E-state index contributed by atoms with van der Waals surface area (Å²) in [6.45, 7) is 21.8. The summed E-state index contributed by atoms with van der Waals surface area (Å²) in [5, 5.41) is 0. The highest BCUT2D eigenvalue weighted by atomic mass is 32.3. The van der Waals surface area contributed by atoms with E-state index in [1.165, 1.54) is 16.7 Å². The molecule has 1 fully saturated rings. The maximum atomic E-state index is 6.71. The summed E-state index contributed by atoms with van der Waals surface area (Å²) in [4.78, 5) is 0. The van der Waals surface area contributed by atoms with Crippen LogP contribution in [0.2, 0.25) is 0 Å². The molecule has 0 spiro atoms. The first-order chi connectivity index (χ1) is 13.5. The predicted octanol–water partition coefficient (Wildman–Crippen LogP) is 8.40. The molecule has 1 aliphatic heterocycles. The van der Waals surface area contributed by atoms with Crippen molar-refractivity contribution >= 4 is 10.3 Å². The van der Waals surface area contributed by atoms with Crippen molar-refractivity contribution in [3.63, 3.8) is 0 Å². The van der Waals surface area contributed by atoms with E-state index >= 15 is 0 Å². The molecule has 1 aromatic rings. The van der Waals surface area contributed by atoms with Crippen LogP contribution in [0.15, 0.2) is 18.2 Å². The molecule has 0 N–H and O–H groups in total. The Morgan fingerprint density at radius 2 is 1.62 bits per heavy atom. The first kappa shape index (κ1) is 26.5. The molecule has 3 atom stereocenters. The Morgan fingerprint density at radius 3 is 2.10 bits per heavy atom. The molecule has 0 amide bonds. The molecule has 0 bridgehead atoms. The van der Waals surface area contributed by atoms with Crippen LogP contribution in [0, 0.1) is 5.41 Å². The molecule has 3 rings (SSSR count). The zero-order valence-corrected chi connectivity index (χ0v) is 22.1. The van der Waals surface area contributed by atoms with Gasteiger partial charge < -0.3 is 8.92 Å². The Hall–Kier alpha value is -0.510. The fraction of sp³-hybridized carbons (Fsp3) is 0.769. The van der Waals surface area contributed by atoms with Crippen LogP contribution in [0.1, 0.15) is 111 Å². The fourth-order valence-corrected chi connectivity index (χ4v) is 5.20. The van der Waals surface area contributed by atoms with Crippen molar-refractivity contribution in [3.8, 4) is 0 Å². The minimum atomic E-state index is -1.12. The van der Waals surface area contributed by atoms with Gasteiger partial charge in [-0.2, -0.15) is 0 Å². The molecule has 2 nitrogen and oxygen atoms in total. The normalized spacial score (nSPS) is 25.6. The average molecular weight is 425 g/mol. The third kappa shape index (κ3) is 5.22. The minimum absolute atomic E-state index is 0.195. The molecule has 170 valence electrons. The summed E-state index contributed by atoms with van der Waals surface area (Å²) in [5.74, 6) is 0. The van der Waals surface area contributed by atoms with Crippen LogP contribution < -0.4 is 0 Å². The molecule has 29 heavy (non-hydrogen) atoms. The standard InChI is InChI=1S/C22H36O2S.2C2H6/c1-9-19-22(5,6)20(23-19)17-12-10-11-16-15(17)13-14-18(16)24-25(7,8)21(2,3)4;2*1-2/h10-12,18-20H,9,13-14H2,1-8H3;2*1-2H3/t18-,19?,20?;;/m0../s1. The van der Waals surface area contributed by atoms with Crippen molar-refractivity contribution < 1.29 is 8.92 Å². The van der Waals surface area contributed by atoms with E-state index in [0.29, 0.717) is 6.10 Å². The number of hydrogen-bond donors (Lipinski definition) is 0. The zero-order valence-electron chi connectivity index (χ0n) is 21.3. The van der Waals surface area contributed by atoms with Crippen molar-refractivity contribution in [2.45, 2.75) is 112 Å². The Balaban J connectivity index is 0.000000989. The Labute approximate surface area is 183 Å². The van der Waals surface area contributed by atoms with E-state index in [1.54, 1.807) is 0 Å². The van der Waals surface area contributed by atoms with E-state index in [9.17, 15) is 0 Å². The van der Waals surface area contributed by atoms with Crippen LogP contribution in [-0.2, 0) is 15.3 Å². The largest absolute Gasteiger partial charge is 0.369 e. The van der Waals surface area contributed by atoms with Gasteiger partial charge in [0.1, 0.15) is 0 Å². The topological polar surface area (TPSA) is 18.5 Å². The van der Waals surface area contributed by atoms with Crippen LogP contribution >= 0.6 is 10.3 Å². The van der Waals surface area contributed by atoms with Gasteiger partial charge in [0.2, 0.25) is 0 Å². The van der Waals surface area contributed by atoms with Crippen molar-refractivity contribution in [2.75, 3.05) is 12.5 Å². The first-order valence-corrected chi connectivity index (χ1v) is 14.0. The third-order valence-electron chi connectivity index (χ3n) is 6.54. The number of ether oxygens (including phenoxy) is 1. The van der Waals surface area contributed by atoms with Gasteiger partial charge in [0.15, 0.2) is 0 Å². The molecule has 2 aliphatic rings. The number of hydrogen-bond acceptors (Lipinski definition) is 2. The fourth-order valence-electron chi connectivity index (χ4n) is 4.13. The van der Waals surface area contributed by atoms with Crippen LogP contribution in [-0.4, -0.2) is 23.4 Å². The van der Waals surface area contributed by atoms with Gasteiger partial charge in [-0.25, -0.2) is 0 Å². The van der Waals surface area contributed by atoms with Gasteiger partial charge in [0.25, 0.3) is 0 Å². The Bertz CT molecular complexity index is 643. The lowest BCUT2D eigenvalue weighted by molar-refractivity contribution is -0.239. The molecule has 1 heterocycles. The number of benzene rings is 1. The van der Waals surface area contributed by atoms with Crippen LogP contribution in [0.5, 0.6) is 0 Å². The van der Waals surface area contributed by atoms with E-state index in [1.807, 2.05) is 27.7 Å². The van der Waals surface area contributed by atoms with Crippen molar-refractivity contribution in [3.05, 3.63) is 34.9 Å². The van der Waals surface area contributed by atoms with E-state index in [4.69, 9.17) is 8.92 Å². The number of rotatable bonds is 4. The highest BCUT2D eigenvalue weighted by molar-refractivity contribution is 8.29. The molecule has 1 saturated heterocycles. The first-order valence-electron chi connectivity index (χ1n) is 11.7. The van der Waals surface area contributed by atoms with Crippen LogP contribution in [0.3, 0.4) is 0 Å². The molecule has 2 unspecified atom stereocenters. The van der Waals surface area contributed by atoms with E-state index in [2.05, 4.69) is 72.3 Å². The third-order valence-corrected chi connectivity index (χ3v) is 10.2. The van der Waals surface area contributed by atoms with Gasteiger partial charge in [-0.15, -0.1) is 10.3 Å². The second-order valence-corrected chi connectivity index (χ2v) is 13.5. The molecular weight excluding hydrogens is 376 g/mol. The summed E-state index contributed by atoms with van der Waals surface area (Å²) in [7, 11) is -1.12. The lowest BCUT2D eigenvalue weighted by Gasteiger charge is -2.52. The second-order valence-electron chi connectivity index (χ2n) is 9.62. The van der Waals surface area contributed by atoms with Gasteiger partial charge in [-0.3, -0.25) is 0 Å². The quantitative estimate of drug-likeness (QED) is 0.483. The summed E-state index contributed by atoms with van der Waals surface area (Å²) in [5.41, 5.74) is 4.52. The highest BCUT2D eigenvalue weighted by Crippen LogP contribution is 2.59. The molecule has 3 heteroatoms. The van der Waals surface area contributed by atoms with Crippen LogP contribution in [0.25, 0.3) is 0 Å². The highest BCUT2D eigenvalue weighted by Gasteiger charge is 2.50. The lowest BCUT2D eigenvalue weighted by atomic mass is 9.70. The molecule has 0 saturated carbocycles. The average Bonchev–Trinajstić information content (AvgIpc) is 3.07. The molecular formula is C26H48O2S. The summed E-state index contributed by atoms with van der Waals surface area (Å²) >= 11 is 0. The minimum Gasteiger partial charge on any atom is -0.369 e. The maximum absolute atomic E-state index is 6.71. The zero-order chi connectivity index (χ0) is 22.6. The smallest absolute Gasteiger partial charge is 0.0956 e. The van der Waals surface area contributed by atoms with Gasteiger partial charge in [-0.05, 0) is 48.5 Å². The second kappa shape index (κ2) is 10.2. The molecule has 1 aliphatic carbocycles. The van der Waals surface area contributed by atoms with Gasteiger partial charge >= 0.3 is 0 Å². The molecule has 0 aromatic heterocycles.